The van der Waals surface area contributed by atoms with E-state index in [4.69, 9.17) is 5.79 Å². The molecule has 4 aromatic carbocycles. The number of nitrogens with zero attached hydrogens (tertiary/aromatic N) is 2. The van der Waals surface area contributed by atoms with Crippen LogP contribution in [0.3, 0.4) is 0 Å². The Kier molecular flexibility index (Phi) is 10.8. The van der Waals surface area contributed by atoms with Crippen molar-refractivity contribution < 1.29 is 25.9 Å². The Labute approximate surface area is 303 Å². The van der Waals surface area contributed by atoms with E-state index in [1.54, 1.807) is 0 Å². The number of rotatable bonds is 6. The Hall–Kier alpha value is -3.83. The van der Waals surface area contributed by atoms with Gasteiger partial charge in [0.15, 0.2) is 0 Å². The molecule has 48 heavy (non-hydrogen) atoms. The third-order valence-corrected chi connectivity index (χ3v) is 12.7. The van der Waals surface area contributed by atoms with Crippen LogP contribution < -0.4 is 4.40 Å². The van der Waals surface area contributed by atoms with E-state index in [1.165, 1.54) is 15.5 Å². The van der Waals surface area contributed by atoms with Gasteiger partial charge in [-0.1, -0.05) is 78.9 Å². The first kappa shape index (κ1) is 34.1. The number of furan rings is 1. The Morgan fingerprint density at radius 2 is 1.50 bits per heavy atom. The molecule has 0 atom stereocenters. The Morgan fingerprint density at radius 1 is 0.729 bits per heavy atom. The number of benzene rings is 4. The standard InChI is InChI=1S/C26H20NO.C17H22GeN.Ir/c1-17(2)19-13-14-27-24(15-19)23-10-6-9-22-21-12-11-20(16-25(21)28-26(22)23)18-7-4-3-5-8-18;1-13(2)15-11-17(14-9-7-6-8-10-14)19-12-16(15)18(3,4)5;/h3-9,11-17H,1-2H3;6-9,11-13H,1-5H3;/q2*-1;/i;13D;. The maximum absolute atomic E-state index is 8.44. The molecule has 0 amide bonds. The zero-order chi connectivity index (χ0) is 34.1. The van der Waals surface area contributed by atoms with Crippen molar-refractivity contribution in [3.8, 4) is 33.6 Å². The minimum atomic E-state index is -2.03. The first-order valence-corrected chi connectivity index (χ1v) is 23.6. The number of aromatic nitrogens is 2. The monoisotopic (exact) mass is 870 g/mol. The summed E-state index contributed by atoms with van der Waals surface area (Å²) in [5, 5.41) is 2.21. The van der Waals surface area contributed by atoms with E-state index in [0.717, 1.165) is 55.6 Å². The van der Waals surface area contributed by atoms with Gasteiger partial charge in [-0.2, -0.15) is 0 Å². The Balaban J connectivity index is 0.000000199. The molecule has 1 radical (unpaired) electrons. The predicted octanol–water partition coefficient (Wildman–Crippen LogP) is 11.5. The maximum atomic E-state index is 8.44. The van der Waals surface area contributed by atoms with Gasteiger partial charge in [0.25, 0.3) is 0 Å². The molecule has 0 spiro atoms. The molecule has 0 aliphatic heterocycles. The second kappa shape index (κ2) is 15.2. The third kappa shape index (κ3) is 7.73. The molecular formula is C43H42GeIrN2O-2. The van der Waals surface area contributed by atoms with Crippen molar-refractivity contribution in [2.45, 2.75) is 56.8 Å². The number of fused-ring (bicyclic) bond motifs is 3. The number of hydrogen-bond donors (Lipinski definition) is 0. The van der Waals surface area contributed by atoms with Gasteiger partial charge >= 0.3 is 120 Å². The van der Waals surface area contributed by atoms with Crippen molar-refractivity contribution in [1.29, 1.82) is 0 Å². The van der Waals surface area contributed by atoms with Gasteiger partial charge in [0.05, 0.1) is 5.58 Å². The van der Waals surface area contributed by atoms with Crippen molar-refractivity contribution in [2.75, 3.05) is 0 Å². The zero-order valence-electron chi connectivity index (χ0n) is 29.7. The van der Waals surface area contributed by atoms with Crippen LogP contribution in [0, 0.1) is 12.1 Å². The summed E-state index contributed by atoms with van der Waals surface area (Å²) < 4.78 is 16.1. The van der Waals surface area contributed by atoms with Gasteiger partial charge in [-0.05, 0) is 34.9 Å². The molecule has 0 fully saturated rings. The SMILES string of the molecule is CC(C)c1ccnc(-c2[c-]ccc3c2oc2cc(-c4ccccc4)ccc23)c1.[2H]C(C)(C)c1cc(-c2[c-]cccc2)nc[c]1[Ge]([CH3])([CH3])[CH3].[Ir]. The van der Waals surface area contributed by atoms with Crippen molar-refractivity contribution in [3.05, 3.63) is 139 Å². The van der Waals surface area contributed by atoms with Crippen LogP contribution in [0.5, 0.6) is 0 Å². The molecule has 0 N–H and O–H groups in total. The quantitative estimate of drug-likeness (QED) is 0.123. The topological polar surface area (TPSA) is 38.9 Å². The fourth-order valence-electron chi connectivity index (χ4n) is 5.85. The molecule has 3 aromatic heterocycles. The van der Waals surface area contributed by atoms with Crippen molar-refractivity contribution in [1.82, 2.24) is 9.97 Å². The normalized spacial score (nSPS) is 12.0. The van der Waals surface area contributed by atoms with Crippen LogP contribution in [0.25, 0.3) is 55.6 Å². The molecule has 7 aromatic rings. The van der Waals surface area contributed by atoms with Crippen LogP contribution >= 0.6 is 0 Å². The van der Waals surface area contributed by atoms with Gasteiger partial charge in [0, 0.05) is 31.7 Å². The average molecular weight is 869 g/mol. The van der Waals surface area contributed by atoms with E-state index >= 15 is 0 Å². The smallest absolute Gasteiger partial charge is 0 e. The van der Waals surface area contributed by atoms with Crippen molar-refractivity contribution in [3.63, 3.8) is 0 Å². The van der Waals surface area contributed by atoms with E-state index in [0.29, 0.717) is 5.92 Å². The summed E-state index contributed by atoms with van der Waals surface area (Å²) in [6.07, 6.45) is 3.87. The van der Waals surface area contributed by atoms with Crippen LogP contribution in [0.1, 0.15) is 52.0 Å². The molecule has 7 rings (SSSR count). The molecule has 3 heterocycles. The van der Waals surface area contributed by atoms with Crippen LogP contribution in [0.2, 0.25) is 17.3 Å². The van der Waals surface area contributed by atoms with Gasteiger partial charge in [-0.3, -0.25) is 0 Å². The maximum Gasteiger partial charge on any atom is 0 e. The molecule has 0 aliphatic rings. The van der Waals surface area contributed by atoms with Crippen molar-refractivity contribution in [2.24, 2.45) is 0 Å². The van der Waals surface area contributed by atoms with Gasteiger partial charge < -0.3 is 9.40 Å². The first-order chi connectivity index (χ1) is 22.9. The minimum Gasteiger partial charge on any atom is 0 e. The number of pyridine rings is 2. The molecule has 0 unspecified atom stereocenters. The second-order valence-corrected chi connectivity index (χ2v) is 24.1. The second-order valence-electron chi connectivity index (χ2n) is 13.5. The molecule has 0 saturated carbocycles. The summed E-state index contributed by atoms with van der Waals surface area (Å²) in [6.45, 7) is 8.29. The third-order valence-electron chi connectivity index (χ3n) is 8.48. The Bertz CT molecular complexity index is 2180. The van der Waals surface area contributed by atoms with E-state index in [2.05, 4.69) is 120 Å². The summed E-state index contributed by atoms with van der Waals surface area (Å²) >= 11 is -2.03. The van der Waals surface area contributed by atoms with Crippen LogP contribution in [0.15, 0.2) is 120 Å². The summed E-state index contributed by atoms with van der Waals surface area (Å²) in [5.41, 5.74) is 10.2. The van der Waals surface area contributed by atoms with Gasteiger partial charge in [0.2, 0.25) is 0 Å². The predicted molar refractivity (Wildman–Crippen MR) is 201 cm³/mol. The molecule has 5 heteroatoms. The summed E-state index contributed by atoms with van der Waals surface area (Å²) in [7, 11) is 0. The first-order valence-electron chi connectivity index (χ1n) is 16.8. The van der Waals surface area contributed by atoms with Crippen molar-refractivity contribution >= 4 is 39.6 Å². The fraction of sp³-hybridized carbons (Fsp3) is 0.209. The van der Waals surface area contributed by atoms with Gasteiger partial charge in [-0.15, -0.1) is 18.2 Å². The molecule has 0 aliphatic carbocycles. The molecule has 245 valence electrons. The summed E-state index contributed by atoms with van der Waals surface area (Å²) in [4.78, 5) is 9.21. The van der Waals surface area contributed by atoms with Gasteiger partial charge in [0.1, 0.15) is 5.58 Å². The molecule has 3 nitrogen and oxygen atoms in total. The Morgan fingerprint density at radius 3 is 2.19 bits per heavy atom. The van der Waals surface area contributed by atoms with E-state index < -0.39 is 19.2 Å². The summed E-state index contributed by atoms with van der Waals surface area (Å²) in [6, 6.07) is 41.5. The van der Waals surface area contributed by atoms with Crippen LogP contribution in [-0.2, 0) is 20.1 Å². The number of hydrogen-bond acceptors (Lipinski definition) is 3. The minimum absolute atomic E-state index is 0. The zero-order valence-corrected chi connectivity index (χ0v) is 33.2. The molecular weight excluding hydrogens is 825 g/mol. The van der Waals surface area contributed by atoms with Gasteiger partial charge in [-0.25, -0.2) is 0 Å². The summed E-state index contributed by atoms with van der Waals surface area (Å²) in [5.74, 6) is 6.90. The van der Waals surface area contributed by atoms with E-state index in [9.17, 15) is 0 Å². The van der Waals surface area contributed by atoms with E-state index in [1.807, 2.05) is 62.6 Å². The average Bonchev–Trinajstić information content (AvgIpc) is 3.46. The fourth-order valence-corrected chi connectivity index (χ4v) is 9.17. The van der Waals surface area contributed by atoms with Crippen LogP contribution in [0.4, 0.5) is 0 Å². The largest absolute Gasteiger partial charge is 0 e. The molecule has 0 bridgehead atoms. The molecule has 0 saturated heterocycles. The van der Waals surface area contributed by atoms with Crippen LogP contribution in [-0.4, -0.2) is 23.2 Å². The van der Waals surface area contributed by atoms with E-state index in [-0.39, 0.29) is 20.1 Å².